The molecule has 3 rings (SSSR count). The Balaban J connectivity index is 1.95. The van der Waals surface area contributed by atoms with Crippen LogP contribution in [-0.4, -0.2) is 40.6 Å². The minimum atomic E-state index is 0.00954. The zero-order valence-corrected chi connectivity index (χ0v) is 11.5. The second-order valence-corrected chi connectivity index (χ2v) is 5.55. The van der Waals surface area contributed by atoms with Gasteiger partial charge < -0.3 is 10.5 Å². The van der Waals surface area contributed by atoms with E-state index in [1.807, 2.05) is 6.92 Å². The van der Waals surface area contributed by atoms with E-state index in [9.17, 15) is 0 Å². The van der Waals surface area contributed by atoms with Crippen LogP contribution >= 0.6 is 0 Å². The highest BCUT2D eigenvalue weighted by Crippen LogP contribution is 2.36. The summed E-state index contributed by atoms with van der Waals surface area (Å²) in [6.45, 7) is 4.80. The van der Waals surface area contributed by atoms with Gasteiger partial charge in [0.25, 0.3) is 0 Å². The molecule has 5 nitrogen and oxygen atoms in total. The van der Waals surface area contributed by atoms with Gasteiger partial charge in [0.05, 0.1) is 17.6 Å². The summed E-state index contributed by atoms with van der Waals surface area (Å²) in [5.41, 5.74) is 8.42. The number of likely N-dealkylation sites (tertiary alicyclic amines) is 1. The normalized spacial score (nSPS) is 28.3. The van der Waals surface area contributed by atoms with Crippen LogP contribution in [0.5, 0.6) is 5.88 Å². The Morgan fingerprint density at radius 2 is 1.95 bits per heavy atom. The number of hydrogen-bond donors (Lipinski definition) is 1. The maximum Gasteiger partial charge on any atom is 0.221 e. The number of aryl methyl sites for hydroxylation is 1. The summed E-state index contributed by atoms with van der Waals surface area (Å²) in [5.74, 6) is 0.725. The van der Waals surface area contributed by atoms with Crippen LogP contribution in [-0.2, 0) is 0 Å². The molecular weight excluding hydrogens is 240 g/mol. The first kappa shape index (κ1) is 12.8. The molecule has 0 spiro atoms. The quantitative estimate of drug-likeness (QED) is 0.829. The number of aromatic nitrogens is 2. The van der Waals surface area contributed by atoms with Gasteiger partial charge in [0, 0.05) is 5.69 Å². The Kier molecular flexibility index (Phi) is 3.66. The van der Waals surface area contributed by atoms with E-state index in [1.165, 1.54) is 25.7 Å². The van der Waals surface area contributed by atoms with E-state index in [-0.39, 0.29) is 12.1 Å². The molecule has 0 aromatic carbocycles. The number of ether oxygens (including phenoxy) is 1. The number of nitrogens with zero attached hydrogens (tertiary/aromatic N) is 3. The summed E-state index contributed by atoms with van der Waals surface area (Å²) in [6, 6.07) is 0.221. The van der Waals surface area contributed by atoms with Gasteiger partial charge in [-0.05, 0) is 32.9 Å². The molecule has 1 aromatic heterocycles. The predicted octanol–water partition coefficient (Wildman–Crippen LogP) is 1.42. The van der Waals surface area contributed by atoms with Crippen molar-refractivity contribution in [3.63, 3.8) is 0 Å². The highest BCUT2D eigenvalue weighted by Gasteiger charge is 2.35. The third-order valence-electron chi connectivity index (χ3n) is 4.19. The first-order valence-electron chi connectivity index (χ1n) is 7.21. The van der Waals surface area contributed by atoms with Crippen LogP contribution in [0.3, 0.4) is 0 Å². The molecule has 104 valence electrons. The minimum Gasteiger partial charge on any atom is -0.476 e. The number of nitrogens with two attached hydrogens (primary N) is 1. The van der Waals surface area contributed by atoms with Gasteiger partial charge in [-0.1, -0.05) is 12.8 Å². The SMILES string of the molecule is Cc1ncnc2c1C(N1CCCCCC1)C(N)CO2. The molecule has 0 bridgehead atoms. The van der Waals surface area contributed by atoms with Gasteiger partial charge in [0.1, 0.15) is 12.9 Å². The molecule has 2 atom stereocenters. The molecule has 3 heterocycles. The zero-order valence-electron chi connectivity index (χ0n) is 11.5. The third-order valence-corrected chi connectivity index (χ3v) is 4.19. The molecule has 2 unspecified atom stereocenters. The van der Waals surface area contributed by atoms with Crippen molar-refractivity contribution in [1.29, 1.82) is 0 Å². The largest absolute Gasteiger partial charge is 0.476 e. The highest BCUT2D eigenvalue weighted by atomic mass is 16.5. The van der Waals surface area contributed by atoms with Crippen LogP contribution in [0.1, 0.15) is 43.0 Å². The van der Waals surface area contributed by atoms with Crippen LogP contribution in [0, 0.1) is 6.92 Å². The first-order valence-corrected chi connectivity index (χ1v) is 7.21. The van der Waals surface area contributed by atoms with Crippen molar-refractivity contribution < 1.29 is 4.74 Å². The number of rotatable bonds is 1. The van der Waals surface area contributed by atoms with Gasteiger partial charge in [0.15, 0.2) is 0 Å². The van der Waals surface area contributed by atoms with Gasteiger partial charge in [-0.2, -0.15) is 0 Å². The van der Waals surface area contributed by atoms with E-state index >= 15 is 0 Å². The fraction of sp³-hybridized carbons (Fsp3) is 0.714. The Labute approximate surface area is 114 Å². The van der Waals surface area contributed by atoms with Crippen molar-refractivity contribution in [1.82, 2.24) is 14.9 Å². The summed E-state index contributed by atoms with van der Waals surface area (Å²) >= 11 is 0. The van der Waals surface area contributed by atoms with Crippen molar-refractivity contribution in [3.8, 4) is 5.88 Å². The average Bonchev–Trinajstić information content (AvgIpc) is 2.68. The van der Waals surface area contributed by atoms with E-state index in [0.717, 1.165) is 30.2 Å². The van der Waals surface area contributed by atoms with Crippen molar-refractivity contribution in [2.45, 2.75) is 44.7 Å². The Hall–Kier alpha value is -1.20. The van der Waals surface area contributed by atoms with Crippen LogP contribution in [0.15, 0.2) is 6.33 Å². The van der Waals surface area contributed by atoms with Gasteiger partial charge in [-0.3, -0.25) is 4.90 Å². The van der Waals surface area contributed by atoms with E-state index in [1.54, 1.807) is 6.33 Å². The van der Waals surface area contributed by atoms with E-state index < -0.39 is 0 Å². The van der Waals surface area contributed by atoms with Crippen molar-refractivity contribution in [2.24, 2.45) is 5.73 Å². The predicted molar refractivity (Wildman–Crippen MR) is 73.0 cm³/mol. The summed E-state index contributed by atoms with van der Waals surface area (Å²) in [7, 11) is 0. The van der Waals surface area contributed by atoms with Crippen LogP contribution in [0.4, 0.5) is 0 Å². The maximum atomic E-state index is 6.32. The Morgan fingerprint density at radius 3 is 2.68 bits per heavy atom. The summed E-state index contributed by atoms with van der Waals surface area (Å²) in [6.07, 6.45) is 6.74. The molecule has 2 aliphatic heterocycles. The monoisotopic (exact) mass is 262 g/mol. The lowest BCUT2D eigenvalue weighted by Crippen LogP contribution is -2.47. The minimum absolute atomic E-state index is 0.00954. The highest BCUT2D eigenvalue weighted by molar-refractivity contribution is 5.35. The standard InChI is InChI=1S/C14H22N4O/c1-10-12-13(18-6-4-2-3-5-7-18)11(15)8-19-14(12)17-9-16-10/h9,11,13H,2-8,15H2,1H3. The smallest absolute Gasteiger partial charge is 0.221 e. The topological polar surface area (TPSA) is 64.3 Å². The second-order valence-electron chi connectivity index (χ2n) is 5.55. The van der Waals surface area contributed by atoms with E-state index in [2.05, 4.69) is 14.9 Å². The molecule has 2 aliphatic rings. The molecule has 1 fully saturated rings. The lowest BCUT2D eigenvalue weighted by molar-refractivity contribution is 0.117. The summed E-state index contributed by atoms with van der Waals surface area (Å²) in [5, 5.41) is 0. The van der Waals surface area contributed by atoms with Crippen LogP contribution in [0.2, 0.25) is 0 Å². The van der Waals surface area contributed by atoms with Crippen molar-refractivity contribution >= 4 is 0 Å². The second kappa shape index (κ2) is 5.43. The van der Waals surface area contributed by atoms with Gasteiger partial charge in [0.2, 0.25) is 5.88 Å². The molecule has 19 heavy (non-hydrogen) atoms. The molecule has 5 heteroatoms. The summed E-state index contributed by atoms with van der Waals surface area (Å²) in [4.78, 5) is 11.1. The molecule has 0 aliphatic carbocycles. The number of fused-ring (bicyclic) bond motifs is 1. The van der Waals surface area contributed by atoms with Crippen molar-refractivity contribution in [3.05, 3.63) is 17.6 Å². The third kappa shape index (κ3) is 2.44. The maximum absolute atomic E-state index is 6.32. The molecule has 0 amide bonds. The van der Waals surface area contributed by atoms with Gasteiger partial charge >= 0.3 is 0 Å². The molecular formula is C14H22N4O. The number of hydrogen-bond acceptors (Lipinski definition) is 5. The Bertz CT molecular complexity index is 443. The molecule has 1 saturated heterocycles. The molecule has 0 radical (unpaired) electrons. The lowest BCUT2D eigenvalue weighted by atomic mass is 9.95. The van der Waals surface area contributed by atoms with Crippen LogP contribution in [0.25, 0.3) is 0 Å². The lowest BCUT2D eigenvalue weighted by Gasteiger charge is -2.38. The fourth-order valence-corrected chi connectivity index (χ4v) is 3.22. The van der Waals surface area contributed by atoms with E-state index in [0.29, 0.717) is 6.61 Å². The van der Waals surface area contributed by atoms with Crippen molar-refractivity contribution in [2.75, 3.05) is 19.7 Å². The average molecular weight is 262 g/mol. The molecule has 2 N–H and O–H groups in total. The van der Waals surface area contributed by atoms with E-state index in [4.69, 9.17) is 10.5 Å². The Morgan fingerprint density at radius 1 is 1.21 bits per heavy atom. The molecule has 1 aromatic rings. The molecule has 0 saturated carbocycles. The summed E-state index contributed by atoms with van der Waals surface area (Å²) < 4.78 is 5.67. The van der Waals surface area contributed by atoms with Crippen LogP contribution < -0.4 is 10.5 Å². The fourth-order valence-electron chi connectivity index (χ4n) is 3.22. The van der Waals surface area contributed by atoms with Gasteiger partial charge in [-0.15, -0.1) is 0 Å². The zero-order chi connectivity index (χ0) is 13.2. The first-order chi connectivity index (χ1) is 9.27. The van der Waals surface area contributed by atoms with Gasteiger partial charge in [-0.25, -0.2) is 9.97 Å².